The average molecular weight is 338 g/mol. The van der Waals surface area contributed by atoms with E-state index in [1.165, 1.54) is 0 Å². The SMILES string of the molecule is S=[C-]C1NCCN1.S=[C-]C1NCCN1.[Ag]. The van der Waals surface area contributed by atoms with Gasteiger partial charge in [-0.15, -0.1) is 0 Å². The normalized spacial score (nSPS) is 21.3. The number of thiocarbonyl (C=S) groups is 2. The maximum atomic E-state index is 4.54. The van der Waals surface area contributed by atoms with E-state index in [9.17, 15) is 0 Å². The van der Waals surface area contributed by atoms with Crippen molar-refractivity contribution in [2.75, 3.05) is 26.2 Å². The van der Waals surface area contributed by atoms with Gasteiger partial charge in [0, 0.05) is 48.6 Å². The molecule has 0 aliphatic carbocycles. The van der Waals surface area contributed by atoms with Crippen molar-refractivity contribution in [1.82, 2.24) is 21.3 Å². The quantitative estimate of drug-likeness (QED) is 0.287. The molecule has 2 fully saturated rings. The topological polar surface area (TPSA) is 48.1 Å². The summed E-state index contributed by atoms with van der Waals surface area (Å²) in [6, 6.07) is 0. The van der Waals surface area contributed by atoms with Crippen molar-refractivity contribution in [2.24, 2.45) is 0 Å². The smallest absolute Gasteiger partial charge is 0.00657 e. The first kappa shape index (κ1) is 15.8. The molecule has 7 heteroatoms. The molecule has 0 aromatic heterocycles. The van der Waals surface area contributed by atoms with Crippen LogP contribution in [0.5, 0.6) is 0 Å². The van der Waals surface area contributed by atoms with Crippen molar-refractivity contribution >= 4 is 35.2 Å². The second-order valence-electron chi connectivity index (χ2n) is 2.92. The summed E-state index contributed by atoms with van der Waals surface area (Å²) >= 11 is 9.07. The van der Waals surface area contributed by atoms with Crippen molar-refractivity contribution in [1.29, 1.82) is 0 Å². The van der Waals surface area contributed by atoms with Gasteiger partial charge in [-0.2, -0.15) is 0 Å². The Morgan fingerprint density at radius 2 is 1.00 bits per heavy atom. The van der Waals surface area contributed by atoms with E-state index in [2.05, 4.69) is 56.4 Å². The Hall–Kier alpha value is 0.760. The predicted octanol–water partition coefficient (Wildman–Crippen LogP) is -1.24. The monoisotopic (exact) mass is 337 g/mol. The minimum Gasteiger partial charge on any atom is -0.392 e. The van der Waals surface area contributed by atoms with Crippen LogP contribution < -0.4 is 21.3 Å². The molecule has 0 aromatic carbocycles. The van der Waals surface area contributed by atoms with Gasteiger partial charge >= 0.3 is 0 Å². The average Bonchev–Trinajstić information content (AvgIpc) is 2.92. The van der Waals surface area contributed by atoms with E-state index in [4.69, 9.17) is 0 Å². The van der Waals surface area contributed by atoms with Crippen LogP contribution in [0.1, 0.15) is 0 Å². The summed E-state index contributed by atoms with van der Waals surface area (Å²) in [4.78, 5) is 0. The summed E-state index contributed by atoms with van der Waals surface area (Å²) in [6.45, 7) is 4.03. The molecule has 0 bridgehead atoms. The third-order valence-corrected chi connectivity index (χ3v) is 2.35. The molecule has 2 saturated heterocycles. The maximum Gasteiger partial charge on any atom is 0.00657 e. The van der Waals surface area contributed by atoms with E-state index >= 15 is 0 Å². The van der Waals surface area contributed by atoms with Gasteiger partial charge in [0.15, 0.2) is 0 Å². The zero-order valence-electron chi connectivity index (χ0n) is 8.10. The first-order chi connectivity index (χ1) is 6.86. The largest absolute Gasteiger partial charge is 0.392 e. The number of nitrogens with one attached hydrogen (secondary N) is 4. The standard InChI is InChI=1S/2C4H7N2S.Ag/c2*7-3-4-5-1-2-6-4;/h2*4-6H,1-2H2;/q2*-1;. The zero-order valence-corrected chi connectivity index (χ0v) is 11.2. The van der Waals surface area contributed by atoms with Crippen LogP contribution >= 0.6 is 24.4 Å². The molecular formula is C8H14AgN4S2-2. The molecule has 0 saturated carbocycles. The molecule has 2 heterocycles. The molecule has 0 unspecified atom stereocenters. The van der Waals surface area contributed by atoms with Crippen LogP contribution in [0.25, 0.3) is 0 Å². The molecular weight excluding hydrogens is 324 g/mol. The number of hydrogen-bond donors (Lipinski definition) is 4. The molecule has 91 valence electrons. The van der Waals surface area contributed by atoms with E-state index in [0.717, 1.165) is 26.2 Å². The summed E-state index contributed by atoms with van der Waals surface area (Å²) in [6.07, 6.45) is 0.324. The maximum absolute atomic E-state index is 4.54. The Kier molecular flexibility index (Phi) is 10.5. The van der Waals surface area contributed by atoms with Crippen LogP contribution in [-0.4, -0.2) is 49.2 Å². The van der Waals surface area contributed by atoms with Crippen LogP contribution in [0.3, 0.4) is 0 Å². The Bertz CT molecular complexity index is 161. The van der Waals surface area contributed by atoms with Crippen LogP contribution in [0.15, 0.2) is 0 Å². The summed E-state index contributed by atoms with van der Waals surface area (Å²) in [5, 5.41) is 17.6. The predicted molar refractivity (Wildman–Crippen MR) is 64.8 cm³/mol. The summed E-state index contributed by atoms with van der Waals surface area (Å²) in [5.41, 5.74) is 0. The first-order valence-corrected chi connectivity index (χ1v) is 5.37. The first-order valence-electron chi connectivity index (χ1n) is 4.55. The van der Waals surface area contributed by atoms with Gasteiger partial charge in [-0.3, -0.25) is 0 Å². The van der Waals surface area contributed by atoms with Gasteiger partial charge < -0.3 is 56.4 Å². The summed E-state index contributed by atoms with van der Waals surface area (Å²) in [7, 11) is 0. The minimum absolute atomic E-state index is 0. The van der Waals surface area contributed by atoms with E-state index in [-0.39, 0.29) is 34.7 Å². The molecule has 2 aliphatic rings. The second-order valence-corrected chi connectivity index (χ2v) is 3.39. The zero-order chi connectivity index (χ0) is 10.2. The second kappa shape index (κ2) is 9.95. The van der Waals surface area contributed by atoms with Crippen LogP contribution in [-0.2, 0) is 22.4 Å². The van der Waals surface area contributed by atoms with E-state index in [1.54, 1.807) is 0 Å². The fourth-order valence-corrected chi connectivity index (χ4v) is 1.51. The molecule has 4 nitrogen and oxygen atoms in total. The van der Waals surface area contributed by atoms with Crippen molar-refractivity contribution in [3.05, 3.63) is 0 Å². The molecule has 4 N–H and O–H groups in total. The van der Waals surface area contributed by atoms with E-state index < -0.39 is 0 Å². The third kappa shape index (κ3) is 6.83. The van der Waals surface area contributed by atoms with Gasteiger partial charge in [0.1, 0.15) is 0 Å². The molecule has 0 aromatic rings. The van der Waals surface area contributed by atoms with Crippen LogP contribution in [0, 0.1) is 0 Å². The molecule has 1 radical (unpaired) electrons. The van der Waals surface area contributed by atoms with Gasteiger partial charge in [-0.05, 0) is 0 Å². The van der Waals surface area contributed by atoms with Gasteiger partial charge in [-0.25, -0.2) is 0 Å². The van der Waals surface area contributed by atoms with Crippen LogP contribution in [0.2, 0.25) is 0 Å². The Morgan fingerprint density at radius 1 is 0.733 bits per heavy atom. The molecule has 0 spiro atoms. The van der Waals surface area contributed by atoms with Gasteiger partial charge in [0.05, 0.1) is 0 Å². The molecule has 2 rings (SSSR count). The summed E-state index contributed by atoms with van der Waals surface area (Å²) in [5.74, 6) is 0. The van der Waals surface area contributed by atoms with Crippen molar-refractivity contribution in [3.8, 4) is 0 Å². The summed E-state index contributed by atoms with van der Waals surface area (Å²) < 4.78 is 0. The molecule has 15 heavy (non-hydrogen) atoms. The minimum atomic E-state index is 0. The van der Waals surface area contributed by atoms with Gasteiger partial charge in [0.2, 0.25) is 0 Å². The van der Waals surface area contributed by atoms with Crippen molar-refractivity contribution < 1.29 is 22.4 Å². The van der Waals surface area contributed by atoms with E-state index in [0.29, 0.717) is 0 Å². The van der Waals surface area contributed by atoms with E-state index in [1.807, 2.05) is 0 Å². The van der Waals surface area contributed by atoms with Gasteiger partial charge in [0.25, 0.3) is 0 Å². The van der Waals surface area contributed by atoms with Crippen LogP contribution in [0.4, 0.5) is 0 Å². The number of hydrogen-bond acceptors (Lipinski definition) is 6. The van der Waals surface area contributed by atoms with Crippen molar-refractivity contribution in [2.45, 2.75) is 12.3 Å². The van der Waals surface area contributed by atoms with Crippen molar-refractivity contribution in [3.63, 3.8) is 0 Å². The Labute approximate surface area is 117 Å². The molecule has 0 amide bonds. The fraction of sp³-hybridized carbons (Fsp3) is 0.750. The Morgan fingerprint density at radius 3 is 1.13 bits per heavy atom. The molecule has 2 aliphatic heterocycles. The van der Waals surface area contributed by atoms with Gasteiger partial charge in [-0.1, -0.05) is 12.3 Å². The number of rotatable bonds is 2. The molecule has 0 atom stereocenters. The fourth-order valence-electron chi connectivity index (χ4n) is 1.18. The third-order valence-electron chi connectivity index (χ3n) is 1.88. The Balaban J connectivity index is 0.000000245.